The number of phosphoric ester groups is 1. The number of nitrogens with one attached hydrogen (secondary N) is 6. The van der Waals surface area contributed by atoms with E-state index in [0.29, 0.717) is 5.69 Å². The van der Waals surface area contributed by atoms with E-state index in [0.717, 1.165) is 6.92 Å². The second-order valence-corrected chi connectivity index (χ2v) is 12.9. The number of imidazole rings is 1. The van der Waals surface area contributed by atoms with E-state index in [1.165, 1.54) is 24.3 Å². The highest BCUT2D eigenvalue weighted by molar-refractivity contribution is 7.46. The largest absolute Gasteiger partial charge is 0.469 e. The van der Waals surface area contributed by atoms with Gasteiger partial charge in [0, 0.05) is 31.8 Å². The minimum Gasteiger partial charge on any atom is -0.394 e. The molecule has 1 aromatic rings. The SMILES string of the molecule is CC(=O)N1C[C@H](NO)C[C@H]1C(=O)N[C@@H](CC(C)C)C(=O)N[C@@H](Cc1cnc[nH]1)C(=O)N[C@@H](CO)C(=O)N[C@H](C(N)=O)[C@@H](C)OP(=O)(O)O. The summed E-state index contributed by atoms with van der Waals surface area (Å²) < 4.78 is 15.6. The Balaban J connectivity index is 2.25. The van der Waals surface area contributed by atoms with Gasteiger partial charge in [0.1, 0.15) is 30.2 Å². The zero-order valence-corrected chi connectivity index (χ0v) is 27.7. The lowest BCUT2D eigenvalue weighted by Crippen LogP contribution is -2.61. The monoisotopic (exact) mass is 705 g/mol. The van der Waals surface area contributed by atoms with Crippen LogP contribution in [0.25, 0.3) is 0 Å². The van der Waals surface area contributed by atoms with Gasteiger partial charge < -0.3 is 57.0 Å². The first-order chi connectivity index (χ1) is 22.4. The van der Waals surface area contributed by atoms with Crippen molar-refractivity contribution in [2.75, 3.05) is 13.2 Å². The third kappa shape index (κ3) is 12.2. The van der Waals surface area contributed by atoms with Crippen molar-refractivity contribution in [3.05, 3.63) is 18.2 Å². The Hall–Kier alpha value is -3.98. The first-order valence-corrected chi connectivity index (χ1v) is 16.4. The minimum absolute atomic E-state index is 0.0623. The van der Waals surface area contributed by atoms with Crippen LogP contribution >= 0.6 is 7.82 Å². The van der Waals surface area contributed by atoms with Gasteiger partial charge >= 0.3 is 7.82 Å². The number of carbonyl (C=O) groups is 6. The third-order valence-electron chi connectivity index (χ3n) is 7.34. The summed E-state index contributed by atoms with van der Waals surface area (Å²) in [7, 11) is -5.09. The molecule has 22 heteroatoms. The number of nitrogens with zero attached hydrogens (tertiary/aromatic N) is 2. The van der Waals surface area contributed by atoms with Crippen molar-refractivity contribution < 1.29 is 58.0 Å². The molecule has 12 N–H and O–H groups in total. The number of aromatic nitrogens is 2. The molecule has 0 radical (unpaired) electrons. The van der Waals surface area contributed by atoms with Crippen LogP contribution in [0.15, 0.2) is 12.5 Å². The fraction of sp³-hybridized carbons (Fsp3) is 0.654. The van der Waals surface area contributed by atoms with Crippen molar-refractivity contribution in [3.8, 4) is 0 Å². The molecule has 0 aliphatic carbocycles. The fourth-order valence-electron chi connectivity index (χ4n) is 5.01. The third-order valence-corrected chi connectivity index (χ3v) is 7.94. The molecule has 7 atom stereocenters. The van der Waals surface area contributed by atoms with Crippen LogP contribution in [-0.4, -0.2) is 126 Å². The first kappa shape index (κ1) is 40.2. The van der Waals surface area contributed by atoms with Crippen LogP contribution in [0.2, 0.25) is 0 Å². The number of rotatable bonds is 18. The molecule has 1 aromatic heterocycles. The molecular weight excluding hydrogens is 661 g/mol. The lowest BCUT2D eigenvalue weighted by molar-refractivity contribution is -0.139. The van der Waals surface area contributed by atoms with Gasteiger partial charge in [-0.05, 0) is 25.7 Å². The number of phosphoric acid groups is 1. The van der Waals surface area contributed by atoms with E-state index >= 15 is 0 Å². The average molecular weight is 706 g/mol. The van der Waals surface area contributed by atoms with Gasteiger partial charge in [0.25, 0.3) is 0 Å². The Morgan fingerprint density at radius 3 is 2.15 bits per heavy atom. The number of aromatic amines is 1. The molecule has 21 nitrogen and oxygen atoms in total. The molecule has 0 unspecified atom stereocenters. The maximum Gasteiger partial charge on any atom is 0.469 e. The van der Waals surface area contributed by atoms with Crippen molar-refractivity contribution >= 4 is 43.3 Å². The van der Waals surface area contributed by atoms with Gasteiger partial charge in [-0.2, -0.15) is 0 Å². The summed E-state index contributed by atoms with van der Waals surface area (Å²) in [5.41, 5.74) is 7.67. The molecule has 0 bridgehead atoms. The fourth-order valence-corrected chi connectivity index (χ4v) is 5.57. The van der Waals surface area contributed by atoms with Crippen molar-refractivity contribution in [2.45, 2.75) is 89.3 Å². The number of H-pyrrole nitrogens is 1. The molecule has 1 aliphatic heterocycles. The second kappa shape index (κ2) is 18.0. The molecule has 2 rings (SSSR count). The summed E-state index contributed by atoms with van der Waals surface area (Å²) in [6.07, 6.45) is 1.09. The van der Waals surface area contributed by atoms with Gasteiger partial charge in [0.15, 0.2) is 0 Å². The number of amides is 6. The molecule has 48 heavy (non-hydrogen) atoms. The quantitative estimate of drug-likeness (QED) is 0.0511. The maximum absolute atomic E-state index is 13.6. The van der Waals surface area contributed by atoms with Gasteiger partial charge in [-0.15, -0.1) is 0 Å². The van der Waals surface area contributed by atoms with Gasteiger partial charge in [0.05, 0.1) is 25.1 Å². The number of likely N-dealkylation sites (tertiary alicyclic amines) is 1. The Kier molecular flexibility index (Phi) is 15.0. The number of hydrogen-bond acceptors (Lipinski definition) is 12. The van der Waals surface area contributed by atoms with Crippen molar-refractivity contribution in [2.24, 2.45) is 11.7 Å². The zero-order valence-electron chi connectivity index (χ0n) is 26.8. The van der Waals surface area contributed by atoms with E-state index in [-0.39, 0.29) is 31.7 Å². The summed E-state index contributed by atoms with van der Waals surface area (Å²) in [5, 5.41) is 28.7. The molecule has 1 saturated heterocycles. The average Bonchev–Trinajstić information content (AvgIpc) is 3.66. The summed E-state index contributed by atoms with van der Waals surface area (Å²) in [4.78, 5) is 103. The Labute approximate surface area is 275 Å². The summed E-state index contributed by atoms with van der Waals surface area (Å²) >= 11 is 0. The number of aliphatic hydroxyl groups is 1. The summed E-state index contributed by atoms with van der Waals surface area (Å²) in [5.74, 6) is -5.37. The van der Waals surface area contributed by atoms with Gasteiger partial charge in [-0.25, -0.2) is 15.0 Å². The zero-order chi connectivity index (χ0) is 36.3. The van der Waals surface area contributed by atoms with Gasteiger partial charge in [-0.1, -0.05) is 13.8 Å². The maximum atomic E-state index is 13.6. The molecule has 1 aliphatic rings. The van der Waals surface area contributed by atoms with Crippen LogP contribution < -0.4 is 32.5 Å². The van der Waals surface area contributed by atoms with Crippen LogP contribution in [0.1, 0.15) is 46.2 Å². The highest BCUT2D eigenvalue weighted by Crippen LogP contribution is 2.38. The molecule has 6 amide bonds. The van der Waals surface area contributed by atoms with Crippen LogP contribution in [0.3, 0.4) is 0 Å². The lowest BCUT2D eigenvalue weighted by Gasteiger charge is -2.28. The molecule has 270 valence electrons. The number of nitrogens with two attached hydrogens (primary N) is 1. The minimum atomic E-state index is -5.09. The van der Waals surface area contributed by atoms with E-state index < -0.39 is 92.2 Å². The predicted octanol–water partition coefficient (Wildman–Crippen LogP) is -4.12. The highest BCUT2D eigenvalue weighted by Gasteiger charge is 2.40. The van der Waals surface area contributed by atoms with Crippen LogP contribution in [-0.2, 0) is 44.3 Å². The van der Waals surface area contributed by atoms with E-state index in [4.69, 9.17) is 15.5 Å². The topological polar surface area (TPSA) is 328 Å². The molecule has 0 aromatic carbocycles. The van der Waals surface area contributed by atoms with Gasteiger partial charge in [-0.3, -0.25) is 33.3 Å². The number of hydrogen-bond donors (Lipinski definition) is 11. The normalized spacial score (nSPS) is 19.5. The Morgan fingerprint density at radius 1 is 1.04 bits per heavy atom. The van der Waals surface area contributed by atoms with Crippen molar-refractivity contribution in [3.63, 3.8) is 0 Å². The Bertz CT molecular complexity index is 1340. The molecule has 2 heterocycles. The van der Waals surface area contributed by atoms with E-state index in [1.54, 1.807) is 13.8 Å². The van der Waals surface area contributed by atoms with Crippen LogP contribution in [0.5, 0.6) is 0 Å². The van der Waals surface area contributed by atoms with Crippen molar-refractivity contribution in [1.29, 1.82) is 0 Å². The van der Waals surface area contributed by atoms with E-state index in [1.807, 2.05) is 5.48 Å². The Morgan fingerprint density at radius 2 is 1.65 bits per heavy atom. The number of aliphatic hydroxyl groups excluding tert-OH is 1. The van der Waals surface area contributed by atoms with E-state index in [9.17, 15) is 43.6 Å². The number of hydroxylamine groups is 1. The highest BCUT2D eigenvalue weighted by atomic mass is 31.2. The first-order valence-electron chi connectivity index (χ1n) is 14.9. The molecule has 0 spiro atoms. The van der Waals surface area contributed by atoms with Crippen molar-refractivity contribution in [1.82, 2.24) is 41.6 Å². The number of primary amides is 1. The van der Waals surface area contributed by atoms with Gasteiger partial charge in [0.2, 0.25) is 35.4 Å². The second-order valence-electron chi connectivity index (χ2n) is 11.7. The standard InChI is InChI=1S/C26H44N9O12P/c1-12(2)5-17(31-26(42)20-7-16(34-43)9-35(20)14(4)37)23(39)30-18(6-15-8-28-11-29-15)24(40)32-19(10-36)25(41)33-21(22(27)38)13(3)47-48(44,45)46/h8,11-13,16-21,34,36,43H,5-7,9-10H2,1-4H3,(H2,27,38)(H,28,29)(H,30,39)(H,31,42)(H,32,40)(H,33,41)(H2,44,45,46)/t13-,16-,17+,18+,19+,20+,21+/m1/s1. The molecule has 1 fully saturated rings. The molecular formula is C26H44N9O12P. The smallest absolute Gasteiger partial charge is 0.394 e. The van der Waals surface area contributed by atoms with Crippen LogP contribution in [0, 0.1) is 5.92 Å². The molecule has 0 saturated carbocycles. The lowest BCUT2D eigenvalue weighted by atomic mass is 10.0. The van der Waals surface area contributed by atoms with E-state index in [2.05, 4.69) is 35.8 Å². The summed E-state index contributed by atoms with van der Waals surface area (Å²) in [6, 6.07) is -7.67. The van der Waals surface area contributed by atoms with Crippen LogP contribution in [0.4, 0.5) is 0 Å². The number of carbonyl (C=O) groups excluding carboxylic acids is 6. The predicted molar refractivity (Wildman–Crippen MR) is 163 cm³/mol. The summed E-state index contributed by atoms with van der Waals surface area (Å²) in [6.45, 7) is 4.95.